The molecule has 0 aliphatic heterocycles. The van der Waals surface area contributed by atoms with Crippen molar-refractivity contribution in [3.8, 4) is 11.5 Å². The summed E-state index contributed by atoms with van der Waals surface area (Å²) in [4.78, 5) is 0. The van der Waals surface area contributed by atoms with Crippen molar-refractivity contribution in [1.29, 1.82) is 0 Å². The number of para-hydroxylation sites is 2. The molecule has 0 bridgehead atoms. The third-order valence-electron chi connectivity index (χ3n) is 2.09. The summed E-state index contributed by atoms with van der Waals surface area (Å²) in [7, 11) is 3.25. The molecule has 0 aromatic heterocycles. The van der Waals surface area contributed by atoms with E-state index in [0.717, 1.165) is 11.5 Å². The average Bonchev–Trinajstić information content (AvgIpc) is 2.77. The molecule has 0 fully saturated rings. The second-order valence-corrected chi connectivity index (χ2v) is 5.43. The van der Waals surface area contributed by atoms with Crippen molar-refractivity contribution in [3.05, 3.63) is 86.0 Å². The van der Waals surface area contributed by atoms with Gasteiger partial charge in [0.15, 0.2) is 0 Å². The van der Waals surface area contributed by atoms with Gasteiger partial charge >= 0.3 is 0 Å². The number of allylic oxidation sites excluding steroid dienone is 2. The van der Waals surface area contributed by atoms with Gasteiger partial charge in [-0.05, 0) is 45.0 Å². The second kappa shape index (κ2) is 35.0. The highest BCUT2D eigenvalue weighted by molar-refractivity contribution is 5.30. The lowest BCUT2D eigenvalue weighted by atomic mass is 10.3. The Morgan fingerprint density at radius 2 is 1.00 bits per heavy atom. The monoisotopic (exact) mass is 438 g/mol. The Balaban J connectivity index is -0.000000170. The van der Waals surface area contributed by atoms with Crippen LogP contribution < -0.4 is 4.74 Å². The maximum atomic E-state index is 8.11. The van der Waals surface area contributed by atoms with Crippen molar-refractivity contribution in [2.24, 2.45) is 0 Å². The van der Waals surface area contributed by atoms with Gasteiger partial charge in [0.1, 0.15) is 11.5 Å². The molecule has 178 valence electrons. The van der Waals surface area contributed by atoms with Gasteiger partial charge in [-0.3, -0.25) is 0 Å². The van der Waals surface area contributed by atoms with Crippen LogP contribution in [0.15, 0.2) is 86.0 Å². The zero-order valence-corrected chi connectivity index (χ0v) is 19.6. The molecule has 6 heteroatoms. The fourth-order valence-electron chi connectivity index (χ4n) is 1.11. The molecule has 1 atom stereocenters. The molecule has 0 spiro atoms. The molecule has 0 aliphatic rings. The van der Waals surface area contributed by atoms with Gasteiger partial charge in [0.25, 0.3) is 0 Å². The number of hydrogen-bond acceptors (Lipinski definition) is 6. The minimum absolute atomic E-state index is 0.125. The standard InChI is InChI=1S/C12H10O.C3H8O2.2C3H6.C2H6O2.C2H6O/c1-3-7-11(8-4-1)13-12-9-5-2-6-10-12;1-3(5)2-4;2*1-3-2;3-1-2-4;1-3-2/h1-10H;3-5H,2H2,1H3;2*3H,1H2,2H3;3-4H,1-2H2;1-2H3. The minimum atomic E-state index is -0.560. The van der Waals surface area contributed by atoms with E-state index in [-0.39, 0.29) is 19.8 Å². The number of benzene rings is 2. The first-order chi connectivity index (χ1) is 14.9. The fraction of sp³-hybridized carbons (Fsp3) is 0.360. The van der Waals surface area contributed by atoms with Crippen LogP contribution >= 0.6 is 0 Å². The summed E-state index contributed by atoms with van der Waals surface area (Å²) < 4.78 is 9.83. The van der Waals surface area contributed by atoms with Crippen LogP contribution in [-0.4, -0.2) is 60.6 Å². The van der Waals surface area contributed by atoms with Gasteiger partial charge in [0, 0.05) is 14.2 Å². The second-order valence-electron chi connectivity index (χ2n) is 5.43. The molecule has 0 amide bonds. The summed E-state index contributed by atoms with van der Waals surface area (Å²) in [5, 5.41) is 31.3. The highest BCUT2D eigenvalue weighted by Gasteiger charge is 1.92. The molecule has 0 heterocycles. The summed E-state index contributed by atoms with van der Waals surface area (Å²) >= 11 is 0. The SMILES string of the molecule is C=CC.C=CC.CC(O)CO.COC.OCCO.c1ccc(Oc2ccccc2)cc1. The van der Waals surface area contributed by atoms with Gasteiger partial charge in [-0.25, -0.2) is 0 Å². The van der Waals surface area contributed by atoms with Crippen molar-refractivity contribution in [1.82, 2.24) is 0 Å². The molecule has 0 aliphatic carbocycles. The summed E-state index contributed by atoms with van der Waals surface area (Å²) in [6.07, 6.45) is 2.94. The molecule has 0 saturated carbocycles. The molecule has 0 saturated heterocycles. The van der Waals surface area contributed by atoms with Crippen LogP contribution in [0.3, 0.4) is 0 Å². The Labute approximate surface area is 188 Å². The molecule has 31 heavy (non-hydrogen) atoms. The van der Waals surface area contributed by atoms with Gasteiger partial charge in [-0.15, -0.1) is 13.2 Å². The zero-order chi connectivity index (χ0) is 24.8. The number of aliphatic hydroxyl groups is 4. The number of methoxy groups -OCH3 is 1. The third-order valence-corrected chi connectivity index (χ3v) is 2.09. The lowest BCUT2D eigenvalue weighted by molar-refractivity contribution is 0.110. The van der Waals surface area contributed by atoms with E-state index in [1.54, 1.807) is 26.4 Å². The molecular weight excluding hydrogens is 396 g/mol. The van der Waals surface area contributed by atoms with Crippen molar-refractivity contribution in [2.75, 3.05) is 34.0 Å². The fourth-order valence-corrected chi connectivity index (χ4v) is 1.11. The molecule has 4 N–H and O–H groups in total. The van der Waals surface area contributed by atoms with Crippen molar-refractivity contribution in [2.45, 2.75) is 26.9 Å². The van der Waals surface area contributed by atoms with Crippen LogP contribution in [0.2, 0.25) is 0 Å². The first kappa shape index (κ1) is 35.9. The first-order valence-corrected chi connectivity index (χ1v) is 9.71. The van der Waals surface area contributed by atoms with Gasteiger partial charge in [0.2, 0.25) is 0 Å². The van der Waals surface area contributed by atoms with E-state index in [1.165, 1.54) is 6.92 Å². The predicted octanol–water partition coefficient (Wildman–Crippen LogP) is 4.46. The summed E-state index contributed by atoms with van der Waals surface area (Å²) in [6, 6.07) is 19.5. The molecular formula is C25H42O6. The van der Waals surface area contributed by atoms with Crippen LogP contribution in [0.5, 0.6) is 11.5 Å². The summed E-state index contributed by atoms with van der Waals surface area (Å²) in [5.74, 6) is 1.74. The van der Waals surface area contributed by atoms with Crippen LogP contribution in [0.4, 0.5) is 0 Å². The Morgan fingerprint density at radius 3 is 1.16 bits per heavy atom. The normalized spacial score (nSPS) is 8.81. The van der Waals surface area contributed by atoms with Crippen molar-refractivity contribution in [3.63, 3.8) is 0 Å². The largest absolute Gasteiger partial charge is 0.457 e. The van der Waals surface area contributed by atoms with E-state index >= 15 is 0 Å². The van der Waals surface area contributed by atoms with E-state index in [4.69, 9.17) is 25.2 Å². The Bertz CT molecular complexity index is 499. The molecule has 0 radical (unpaired) electrons. The van der Waals surface area contributed by atoms with Gasteiger partial charge in [-0.2, -0.15) is 0 Å². The average molecular weight is 439 g/mol. The lowest BCUT2D eigenvalue weighted by Crippen LogP contribution is -2.03. The topological polar surface area (TPSA) is 99.4 Å². The van der Waals surface area contributed by atoms with Crippen LogP contribution in [0.1, 0.15) is 20.8 Å². The summed E-state index contributed by atoms with van der Waals surface area (Å²) in [5.41, 5.74) is 0. The number of aliphatic hydroxyl groups excluding tert-OH is 4. The highest BCUT2D eigenvalue weighted by atomic mass is 16.5. The molecule has 6 nitrogen and oxygen atoms in total. The van der Waals surface area contributed by atoms with Crippen molar-refractivity contribution < 1.29 is 29.9 Å². The Hall–Kier alpha value is -2.48. The predicted molar refractivity (Wildman–Crippen MR) is 131 cm³/mol. The Kier molecular flexibility index (Phi) is 40.5. The van der Waals surface area contributed by atoms with Gasteiger partial charge in [-0.1, -0.05) is 48.6 Å². The van der Waals surface area contributed by atoms with Gasteiger partial charge < -0.3 is 29.9 Å². The van der Waals surface area contributed by atoms with Crippen LogP contribution in [0, 0.1) is 0 Å². The van der Waals surface area contributed by atoms with Gasteiger partial charge in [0.05, 0.1) is 25.9 Å². The van der Waals surface area contributed by atoms with Crippen molar-refractivity contribution >= 4 is 0 Å². The maximum Gasteiger partial charge on any atom is 0.127 e. The maximum absolute atomic E-state index is 8.11. The Morgan fingerprint density at radius 1 is 0.774 bits per heavy atom. The number of hydrogen-bond donors (Lipinski definition) is 4. The molecule has 2 aromatic carbocycles. The first-order valence-electron chi connectivity index (χ1n) is 9.71. The van der Waals surface area contributed by atoms with E-state index in [9.17, 15) is 0 Å². The van der Waals surface area contributed by atoms with E-state index < -0.39 is 6.10 Å². The smallest absolute Gasteiger partial charge is 0.127 e. The quantitative estimate of drug-likeness (QED) is 0.526. The number of rotatable bonds is 4. The molecule has 1 unspecified atom stereocenters. The molecule has 2 rings (SSSR count). The number of ether oxygens (including phenoxy) is 2. The van der Waals surface area contributed by atoms with E-state index in [1.807, 2.05) is 74.5 Å². The lowest BCUT2D eigenvalue weighted by Gasteiger charge is -2.03. The summed E-state index contributed by atoms with van der Waals surface area (Å²) in [6.45, 7) is 11.6. The van der Waals surface area contributed by atoms with E-state index in [0.29, 0.717) is 0 Å². The highest BCUT2D eigenvalue weighted by Crippen LogP contribution is 2.19. The molecule has 2 aromatic rings. The zero-order valence-electron chi connectivity index (χ0n) is 19.6. The third kappa shape index (κ3) is 42.6. The van der Waals surface area contributed by atoms with Crippen LogP contribution in [-0.2, 0) is 4.74 Å². The minimum Gasteiger partial charge on any atom is -0.457 e. The van der Waals surface area contributed by atoms with Crippen LogP contribution in [0.25, 0.3) is 0 Å². The van der Waals surface area contributed by atoms with E-state index in [2.05, 4.69) is 17.9 Å².